The van der Waals surface area contributed by atoms with E-state index in [9.17, 15) is 4.79 Å². The van der Waals surface area contributed by atoms with Crippen molar-refractivity contribution in [3.05, 3.63) is 54.1 Å². The molecule has 0 aliphatic rings. The molecule has 2 aromatic rings. The molecule has 0 unspecified atom stereocenters. The van der Waals surface area contributed by atoms with Crippen LogP contribution in [0.15, 0.2) is 43.0 Å². The summed E-state index contributed by atoms with van der Waals surface area (Å²) in [4.78, 5) is 15.9. The molecule has 2 rings (SSSR count). The molecule has 1 atom stereocenters. The third kappa shape index (κ3) is 5.19. The zero-order valence-corrected chi connectivity index (χ0v) is 13.5. The summed E-state index contributed by atoms with van der Waals surface area (Å²) in [7, 11) is 0. The summed E-state index contributed by atoms with van der Waals surface area (Å²) in [5.41, 5.74) is 2.22. The third-order valence-corrected chi connectivity index (χ3v) is 3.53. The molecule has 2 N–H and O–H groups in total. The smallest absolute Gasteiger partial charge is 0.316 e. The second kappa shape index (κ2) is 8.04. The van der Waals surface area contributed by atoms with Crippen LogP contribution in [0, 0.1) is 18.3 Å². The Morgan fingerprint density at radius 2 is 2.00 bits per heavy atom. The summed E-state index contributed by atoms with van der Waals surface area (Å²) in [5.74, 6) is 2.78. The van der Waals surface area contributed by atoms with Gasteiger partial charge in [-0.3, -0.25) is 0 Å². The minimum atomic E-state index is -0.257. The Labute approximate surface area is 137 Å². The molecule has 0 radical (unpaired) electrons. The van der Waals surface area contributed by atoms with Crippen LogP contribution in [0.2, 0.25) is 0 Å². The molecule has 5 nitrogen and oxygen atoms in total. The minimum absolute atomic E-state index is 0.202. The van der Waals surface area contributed by atoms with Crippen molar-refractivity contribution < 1.29 is 4.79 Å². The van der Waals surface area contributed by atoms with Gasteiger partial charge in [-0.15, -0.1) is 6.42 Å². The average molecular weight is 310 g/mol. The third-order valence-electron chi connectivity index (χ3n) is 3.53. The van der Waals surface area contributed by atoms with Gasteiger partial charge in [0, 0.05) is 25.5 Å². The lowest BCUT2D eigenvalue weighted by Gasteiger charge is -2.17. The Bertz CT molecular complexity index is 653. The average Bonchev–Trinajstić information content (AvgIpc) is 3.04. The van der Waals surface area contributed by atoms with Gasteiger partial charge >= 0.3 is 6.03 Å². The molecule has 23 heavy (non-hydrogen) atoms. The summed E-state index contributed by atoms with van der Waals surface area (Å²) in [6.45, 7) is 5.20. The Morgan fingerprint density at radius 3 is 2.57 bits per heavy atom. The molecule has 0 saturated carbocycles. The van der Waals surface area contributed by atoms with Gasteiger partial charge in [-0.1, -0.05) is 44.0 Å². The van der Waals surface area contributed by atoms with E-state index in [0.717, 1.165) is 12.1 Å². The zero-order valence-electron chi connectivity index (χ0n) is 13.5. The molecule has 1 aromatic carbocycles. The van der Waals surface area contributed by atoms with Crippen molar-refractivity contribution in [3.8, 4) is 12.3 Å². The van der Waals surface area contributed by atoms with E-state index >= 15 is 0 Å². The highest BCUT2D eigenvalue weighted by atomic mass is 16.2. The summed E-state index contributed by atoms with van der Waals surface area (Å²) >= 11 is 0. The molecule has 1 heterocycles. The molecule has 0 aliphatic carbocycles. The number of nitrogens with zero attached hydrogens (tertiary/aromatic N) is 2. The predicted molar refractivity (Wildman–Crippen MR) is 90.6 cm³/mol. The highest BCUT2D eigenvalue weighted by Crippen LogP contribution is 2.06. The molecule has 0 spiro atoms. The number of benzene rings is 1. The first-order chi connectivity index (χ1) is 11.1. The number of imidazole rings is 1. The monoisotopic (exact) mass is 310 g/mol. The van der Waals surface area contributed by atoms with Gasteiger partial charge in [0.2, 0.25) is 0 Å². The number of carbonyl (C=O) groups is 1. The molecule has 0 bridgehead atoms. The number of nitrogens with one attached hydrogen (secondary N) is 2. The molecule has 1 aromatic heterocycles. The first kappa shape index (κ1) is 16.6. The number of hydrogen-bond donors (Lipinski definition) is 2. The maximum absolute atomic E-state index is 11.8. The van der Waals surface area contributed by atoms with Crippen LogP contribution in [-0.2, 0) is 13.1 Å². The lowest BCUT2D eigenvalue weighted by Crippen LogP contribution is -2.43. The van der Waals surface area contributed by atoms with Crippen LogP contribution < -0.4 is 10.6 Å². The molecule has 0 fully saturated rings. The molecule has 2 amide bonds. The maximum Gasteiger partial charge on any atom is 0.316 e. The van der Waals surface area contributed by atoms with Gasteiger partial charge in [-0.05, 0) is 17.0 Å². The highest BCUT2D eigenvalue weighted by Gasteiger charge is 2.12. The number of carbonyl (C=O) groups excluding carboxylic acids is 1. The molecular weight excluding hydrogens is 288 g/mol. The lowest BCUT2D eigenvalue weighted by molar-refractivity contribution is 0.236. The topological polar surface area (TPSA) is 59.0 Å². The van der Waals surface area contributed by atoms with E-state index in [2.05, 4.69) is 21.5 Å². The van der Waals surface area contributed by atoms with Crippen molar-refractivity contribution in [1.29, 1.82) is 0 Å². The van der Waals surface area contributed by atoms with E-state index in [1.54, 1.807) is 12.5 Å². The molecule has 0 aliphatic heterocycles. The van der Waals surface area contributed by atoms with Gasteiger partial charge in [-0.2, -0.15) is 0 Å². The Kier molecular flexibility index (Phi) is 5.81. The first-order valence-electron chi connectivity index (χ1n) is 7.62. The Balaban J connectivity index is 1.82. The second-order valence-electron chi connectivity index (χ2n) is 5.77. The number of hydrogen-bond acceptors (Lipinski definition) is 2. The van der Waals surface area contributed by atoms with Crippen molar-refractivity contribution in [1.82, 2.24) is 20.2 Å². The van der Waals surface area contributed by atoms with Crippen LogP contribution in [0.1, 0.15) is 25.0 Å². The molecule has 5 heteroatoms. The second-order valence-corrected chi connectivity index (χ2v) is 5.77. The number of aromatic nitrogens is 2. The van der Waals surface area contributed by atoms with Crippen LogP contribution >= 0.6 is 0 Å². The van der Waals surface area contributed by atoms with Crippen molar-refractivity contribution in [2.24, 2.45) is 5.92 Å². The summed E-state index contributed by atoms with van der Waals surface area (Å²) in [5, 5.41) is 5.60. The minimum Gasteiger partial charge on any atom is -0.334 e. The van der Waals surface area contributed by atoms with E-state index < -0.39 is 0 Å². The van der Waals surface area contributed by atoms with Crippen LogP contribution in [0.25, 0.3) is 0 Å². The van der Waals surface area contributed by atoms with E-state index in [1.807, 2.05) is 48.9 Å². The van der Waals surface area contributed by atoms with E-state index in [-0.39, 0.29) is 18.0 Å². The zero-order chi connectivity index (χ0) is 16.7. The van der Waals surface area contributed by atoms with Crippen LogP contribution in [0.5, 0.6) is 0 Å². The number of terminal acetylenes is 1. The van der Waals surface area contributed by atoms with Gasteiger partial charge in [-0.25, -0.2) is 9.78 Å². The fraction of sp³-hybridized carbons (Fsp3) is 0.333. The predicted octanol–water partition coefficient (Wildman–Crippen LogP) is 2.39. The quantitative estimate of drug-likeness (QED) is 0.805. The van der Waals surface area contributed by atoms with Crippen LogP contribution in [0.4, 0.5) is 4.79 Å². The van der Waals surface area contributed by atoms with Crippen molar-refractivity contribution >= 4 is 6.03 Å². The van der Waals surface area contributed by atoms with Gasteiger partial charge in [0.25, 0.3) is 0 Å². The fourth-order valence-corrected chi connectivity index (χ4v) is 2.13. The van der Waals surface area contributed by atoms with Crippen molar-refractivity contribution in [2.75, 3.05) is 0 Å². The van der Waals surface area contributed by atoms with Gasteiger partial charge in [0.05, 0.1) is 12.4 Å². The first-order valence-corrected chi connectivity index (χ1v) is 7.62. The number of amides is 2. The van der Waals surface area contributed by atoms with Gasteiger partial charge < -0.3 is 15.2 Å². The van der Waals surface area contributed by atoms with Gasteiger partial charge in [0.1, 0.15) is 0 Å². The fourth-order valence-electron chi connectivity index (χ4n) is 2.13. The SMILES string of the molecule is C#C[C@H](NC(=O)NCc1ccc(Cn2ccnc2)cc1)C(C)C. The van der Waals surface area contributed by atoms with E-state index in [0.29, 0.717) is 6.54 Å². The molecular formula is C18H22N4O. The lowest BCUT2D eigenvalue weighted by atomic mass is 10.1. The van der Waals surface area contributed by atoms with Crippen LogP contribution in [0.3, 0.4) is 0 Å². The summed E-state index contributed by atoms with van der Waals surface area (Å²) < 4.78 is 2.01. The number of rotatable bonds is 6. The normalized spacial score (nSPS) is 11.7. The van der Waals surface area contributed by atoms with Gasteiger partial charge in [0.15, 0.2) is 0 Å². The largest absolute Gasteiger partial charge is 0.334 e. The Morgan fingerprint density at radius 1 is 1.30 bits per heavy atom. The highest BCUT2D eigenvalue weighted by molar-refractivity contribution is 5.74. The van der Waals surface area contributed by atoms with Crippen LogP contribution in [-0.4, -0.2) is 21.6 Å². The number of urea groups is 1. The van der Waals surface area contributed by atoms with Crippen molar-refractivity contribution in [3.63, 3.8) is 0 Å². The maximum atomic E-state index is 11.8. The van der Waals surface area contributed by atoms with E-state index in [1.165, 1.54) is 5.56 Å². The van der Waals surface area contributed by atoms with Crippen molar-refractivity contribution in [2.45, 2.75) is 33.0 Å². The Hall–Kier alpha value is -2.74. The standard InChI is InChI=1S/C18H22N4O/c1-4-17(14(2)3)21-18(23)20-11-15-5-7-16(8-6-15)12-22-10-9-19-13-22/h1,5-10,13-14,17H,11-12H2,2-3H3,(H2,20,21,23)/t17-/m0/s1. The molecule has 120 valence electrons. The summed E-state index contributed by atoms with van der Waals surface area (Å²) in [6, 6.07) is 7.61. The molecule has 0 saturated heterocycles. The van der Waals surface area contributed by atoms with E-state index in [4.69, 9.17) is 6.42 Å². The summed E-state index contributed by atoms with van der Waals surface area (Å²) in [6.07, 6.45) is 10.9.